The standard InChI is InChI=1S/C27H38N2O5S/c1-17-7-9-19(10-8-17)25(31)29(18(2)13-23(30)28-15-20(16-28)34-6)22-14-21(11-12-27(3,4)5)35-24(22)26(32)33/h14,17-20H,7-10,13,15-16H2,1-6H3,(H,32,33)/t17-,18-,19-/m0/s1. The molecule has 1 aliphatic carbocycles. The molecule has 1 N–H and O–H groups in total. The van der Waals surface area contributed by atoms with Gasteiger partial charge >= 0.3 is 5.97 Å². The molecule has 1 saturated heterocycles. The minimum absolute atomic E-state index is 0.0515. The highest BCUT2D eigenvalue weighted by Crippen LogP contribution is 2.37. The summed E-state index contributed by atoms with van der Waals surface area (Å²) in [5.74, 6) is 5.41. The van der Waals surface area contributed by atoms with E-state index >= 15 is 0 Å². The van der Waals surface area contributed by atoms with E-state index in [1.165, 1.54) is 0 Å². The van der Waals surface area contributed by atoms with E-state index in [0.29, 0.717) is 29.6 Å². The van der Waals surface area contributed by atoms with Gasteiger partial charge in [0.25, 0.3) is 0 Å². The Morgan fingerprint density at radius 3 is 2.40 bits per heavy atom. The molecule has 2 fully saturated rings. The molecule has 0 unspecified atom stereocenters. The van der Waals surface area contributed by atoms with Gasteiger partial charge in [0.2, 0.25) is 11.8 Å². The number of methoxy groups -OCH3 is 1. The maximum Gasteiger partial charge on any atom is 0.348 e. The summed E-state index contributed by atoms with van der Waals surface area (Å²) < 4.78 is 5.27. The second-order valence-corrected chi connectivity index (χ2v) is 12.1. The number of likely N-dealkylation sites (tertiary alicyclic amines) is 1. The predicted molar refractivity (Wildman–Crippen MR) is 138 cm³/mol. The van der Waals surface area contributed by atoms with Crippen LogP contribution in [-0.4, -0.2) is 60.1 Å². The van der Waals surface area contributed by atoms with Gasteiger partial charge in [-0.15, -0.1) is 11.3 Å². The number of ether oxygens (including phenoxy) is 1. The van der Waals surface area contributed by atoms with E-state index < -0.39 is 12.0 Å². The van der Waals surface area contributed by atoms with Crippen molar-refractivity contribution in [3.05, 3.63) is 15.8 Å². The van der Waals surface area contributed by atoms with Crippen LogP contribution in [0.1, 0.15) is 81.3 Å². The smallest absolute Gasteiger partial charge is 0.348 e. The zero-order valence-electron chi connectivity index (χ0n) is 21.7. The van der Waals surface area contributed by atoms with Gasteiger partial charge in [-0.3, -0.25) is 9.59 Å². The number of rotatable bonds is 7. The molecule has 2 amide bonds. The van der Waals surface area contributed by atoms with E-state index in [-0.39, 0.29) is 40.5 Å². The fraction of sp³-hybridized carbons (Fsp3) is 0.667. The molecule has 8 heteroatoms. The van der Waals surface area contributed by atoms with Crippen LogP contribution in [0.2, 0.25) is 0 Å². The minimum atomic E-state index is -1.09. The lowest BCUT2D eigenvalue weighted by atomic mass is 9.82. The third-order valence-corrected chi connectivity index (χ3v) is 7.80. The molecule has 1 saturated carbocycles. The molecule has 3 rings (SSSR count). The van der Waals surface area contributed by atoms with Gasteiger partial charge in [0, 0.05) is 44.0 Å². The topological polar surface area (TPSA) is 87.2 Å². The molecule has 1 aliphatic heterocycles. The lowest BCUT2D eigenvalue weighted by molar-refractivity contribution is -0.143. The quantitative estimate of drug-likeness (QED) is 0.549. The number of carbonyl (C=O) groups excluding carboxylic acids is 2. The second-order valence-electron chi connectivity index (χ2n) is 11.0. The summed E-state index contributed by atoms with van der Waals surface area (Å²) in [6, 6.07) is 1.23. The first-order valence-corrected chi connectivity index (χ1v) is 13.2. The molecule has 1 atom stereocenters. The number of amides is 2. The molecular formula is C27H38N2O5S. The van der Waals surface area contributed by atoms with Crippen molar-refractivity contribution in [2.45, 2.75) is 78.9 Å². The summed E-state index contributed by atoms with van der Waals surface area (Å²) in [5.41, 5.74) is 0.113. The van der Waals surface area contributed by atoms with E-state index in [1.807, 2.05) is 27.7 Å². The van der Waals surface area contributed by atoms with E-state index in [1.54, 1.807) is 23.0 Å². The molecule has 2 heterocycles. The van der Waals surface area contributed by atoms with Crippen molar-refractivity contribution in [2.75, 3.05) is 25.1 Å². The molecule has 0 spiro atoms. The Morgan fingerprint density at radius 2 is 1.86 bits per heavy atom. The Hall–Kier alpha value is -2.37. The van der Waals surface area contributed by atoms with Crippen molar-refractivity contribution in [1.82, 2.24) is 4.90 Å². The van der Waals surface area contributed by atoms with Crippen molar-refractivity contribution < 1.29 is 24.2 Å². The number of aromatic carboxylic acids is 1. The fourth-order valence-corrected chi connectivity index (χ4v) is 5.41. The highest BCUT2D eigenvalue weighted by molar-refractivity contribution is 7.15. The lowest BCUT2D eigenvalue weighted by Gasteiger charge is -2.40. The van der Waals surface area contributed by atoms with Crippen LogP contribution in [0.25, 0.3) is 0 Å². The first kappa shape index (κ1) is 27.2. The molecule has 0 bridgehead atoms. The highest BCUT2D eigenvalue weighted by atomic mass is 32.1. The normalized spacial score (nSPS) is 21.5. The van der Waals surface area contributed by atoms with Crippen LogP contribution in [0.3, 0.4) is 0 Å². The zero-order valence-corrected chi connectivity index (χ0v) is 22.5. The van der Waals surface area contributed by atoms with E-state index in [4.69, 9.17) is 4.74 Å². The number of thiophene rings is 1. The first-order valence-electron chi connectivity index (χ1n) is 12.4. The SMILES string of the molecule is COC1CN(C(=O)C[C@H](C)N(c2cc(C#CC(C)(C)C)sc2C(=O)O)C(=O)[C@H]2CC[C@H](C)CC2)C1. The van der Waals surface area contributed by atoms with Crippen LogP contribution in [0.5, 0.6) is 0 Å². The average Bonchev–Trinajstić information content (AvgIpc) is 3.16. The molecule has 7 nitrogen and oxygen atoms in total. The second kappa shape index (κ2) is 11.1. The Labute approximate surface area is 212 Å². The molecule has 35 heavy (non-hydrogen) atoms. The van der Waals surface area contributed by atoms with Crippen molar-refractivity contribution in [2.24, 2.45) is 17.3 Å². The van der Waals surface area contributed by atoms with Gasteiger partial charge < -0.3 is 19.6 Å². The summed E-state index contributed by atoms with van der Waals surface area (Å²) in [6.07, 6.45) is 3.69. The van der Waals surface area contributed by atoms with Gasteiger partial charge in [-0.05, 0) is 65.4 Å². The Kier molecular flexibility index (Phi) is 8.66. The van der Waals surface area contributed by atoms with Gasteiger partial charge in [0.15, 0.2) is 0 Å². The largest absolute Gasteiger partial charge is 0.477 e. The maximum absolute atomic E-state index is 13.8. The Morgan fingerprint density at radius 1 is 1.23 bits per heavy atom. The molecule has 1 aromatic heterocycles. The Bertz CT molecular complexity index is 1000. The number of anilines is 1. The van der Waals surface area contributed by atoms with E-state index in [9.17, 15) is 19.5 Å². The predicted octanol–water partition coefficient (Wildman–Crippen LogP) is 4.64. The average molecular weight is 503 g/mol. The number of carboxylic acid groups (broad SMARTS) is 1. The number of nitrogens with zero attached hydrogens (tertiary/aromatic N) is 2. The van der Waals surface area contributed by atoms with Gasteiger partial charge in [0.05, 0.1) is 16.7 Å². The fourth-order valence-electron chi connectivity index (χ4n) is 4.57. The third kappa shape index (κ3) is 6.86. The molecule has 0 aromatic carbocycles. The van der Waals surface area contributed by atoms with Crippen LogP contribution in [0.15, 0.2) is 6.07 Å². The van der Waals surface area contributed by atoms with Crippen molar-refractivity contribution in [1.29, 1.82) is 0 Å². The molecule has 192 valence electrons. The summed E-state index contributed by atoms with van der Waals surface area (Å²) in [7, 11) is 1.63. The van der Waals surface area contributed by atoms with Crippen LogP contribution in [0, 0.1) is 29.1 Å². The molecule has 0 radical (unpaired) electrons. The number of hydrogen-bond donors (Lipinski definition) is 1. The number of carbonyl (C=O) groups is 3. The molecular weight excluding hydrogens is 464 g/mol. The highest BCUT2D eigenvalue weighted by Gasteiger charge is 2.37. The van der Waals surface area contributed by atoms with E-state index in [0.717, 1.165) is 37.0 Å². The maximum atomic E-state index is 13.8. The Balaban J connectivity index is 1.93. The summed E-state index contributed by atoms with van der Waals surface area (Å²) in [5, 5.41) is 9.97. The van der Waals surface area contributed by atoms with Crippen LogP contribution < -0.4 is 4.90 Å². The van der Waals surface area contributed by atoms with Gasteiger partial charge in [-0.1, -0.05) is 18.8 Å². The molecule has 2 aliphatic rings. The van der Waals surface area contributed by atoms with Crippen LogP contribution in [0.4, 0.5) is 5.69 Å². The van der Waals surface area contributed by atoms with Crippen molar-refractivity contribution in [3.8, 4) is 11.8 Å². The summed E-state index contributed by atoms with van der Waals surface area (Å²) >= 11 is 1.08. The van der Waals surface area contributed by atoms with Gasteiger partial charge in [-0.2, -0.15) is 0 Å². The van der Waals surface area contributed by atoms with Crippen LogP contribution in [-0.2, 0) is 14.3 Å². The van der Waals surface area contributed by atoms with E-state index in [2.05, 4.69) is 18.8 Å². The zero-order chi connectivity index (χ0) is 25.9. The van der Waals surface area contributed by atoms with Gasteiger partial charge in [0.1, 0.15) is 4.88 Å². The first-order chi connectivity index (χ1) is 16.4. The third-order valence-electron chi connectivity index (χ3n) is 6.77. The monoisotopic (exact) mass is 502 g/mol. The van der Waals surface area contributed by atoms with Gasteiger partial charge in [-0.25, -0.2) is 4.79 Å². The number of hydrogen-bond acceptors (Lipinski definition) is 5. The number of carboxylic acids is 1. The van der Waals surface area contributed by atoms with Crippen molar-refractivity contribution >= 4 is 34.8 Å². The van der Waals surface area contributed by atoms with Crippen molar-refractivity contribution in [3.63, 3.8) is 0 Å². The summed E-state index contributed by atoms with van der Waals surface area (Å²) in [4.78, 5) is 42.9. The lowest BCUT2D eigenvalue weighted by Crippen LogP contribution is -2.55. The summed E-state index contributed by atoms with van der Waals surface area (Å²) in [6.45, 7) is 11.1. The van der Waals surface area contributed by atoms with Crippen LogP contribution >= 0.6 is 11.3 Å². The molecule has 1 aromatic rings. The minimum Gasteiger partial charge on any atom is -0.477 e.